The third-order valence-electron chi connectivity index (χ3n) is 3.93. The first-order valence-corrected chi connectivity index (χ1v) is 8.12. The second kappa shape index (κ2) is 5.55. The Balaban J connectivity index is 2.12. The molecule has 0 bridgehead atoms. The molecule has 0 aromatic carbocycles. The molecule has 2 saturated heterocycles. The first-order chi connectivity index (χ1) is 8.55. The largest absolute Gasteiger partial charge is 0.282 e. The predicted octanol–water partition coefficient (Wildman–Crippen LogP) is 1.34. The molecule has 0 spiro atoms. The second-order valence-electron chi connectivity index (χ2n) is 5.29. The molecular weight excluding hydrogens is 250 g/mol. The summed E-state index contributed by atoms with van der Waals surface area (Å²) >= 11 is 0. The smallest absolute Gasteiger partial charge is 0.198 e. The van der Waals surface area contributed by atoms with Gasteiger partial charge in [0, 0.05) is 25.7 Å². The molecule has 2 unspecified atom stereocenters. The SMILES string of the molecule is CC1CCCCN1S(=O)(=O)N1CCCC(C#N)C1. The molecule has 2 rings (SSSR count). The van der Waals surface area contributed by atoms with Gasteiger partial charge in [-0.05, 0) is 32.6 Å². The van der Waals surface area contributed by atoms with Crippen molar-refractivity contribution in [3.63, 3.8) is 0 Å². The van der Waals surface area contributed by atoms with E-state index < -0.39 is 10.2 Å². The summed E-state index contributed by atoms with van der Waals surface area (Å²) in [6.45, 7) is 3.52. The Morgan fingerprint density at radius 2 is 1.94 bits per heavy atom. The van der Waals surface area contributed by atoms with Crippen LogP contribution in [0.4, 0.5) is 0 Å². The number of hydrogen-bond donors (Lipinski definition) is 0. The molecule has 18 heavy (non-hydrogen) atoms. The van der Waals surface area contributed by atoms with E-state index in [-0.39, 0.29) is 12.0 Å². The molecule has 0 aromatic heterocycles. The summed E-state index contributed by atoms with van der Waals surface area (Å²) in [5.74, 6) is -0.145. The predicted molar refractivity (Wildman–Crippen MR) is 68.8 cm³/mol. The van der Waals surface area contributed by atoms with E-state index in [1.807, 2.05) is 6.92 Å². The summed E-state index contributed by atoms with van der Waals surface area (Å²) in [6, 6.07) is 2.28. The van der Waals surface area contributed by atoms with Gasteiger partial charge in [-0.3, -0.25) is 0 Å². The van der Waals surface area contributed by atoms with Gasteiger partial charge in [0.05, 0.1) is 12.0 Å². The average Bonchev–Trinajstić information content (AvgIpc) is 2.39. The van der Waals surface area contributed by atoms with E-state index in [4.69, 9.17) is 5.26 Å². The lowest BCUT2D eigenvalue weighted by Crippen LogP contribution is -2.52. The van der Waals surface area contributed by atoms with Crippen LogP contribution in [0.3, 0.4) is 0 Å². The summed E-state index contributed by atoms with van der Waals surface area (Å²) in [5, 5.41) is 8.95. The van der Waals surface area contributed by atoms with E-state index in [1.54, 1.807) is 4.31 Å². The van der Waals surface area contributed by atoms with E-state index in [9.17, 15) is 8.42 Å². The van der Waals surface area contributed by atoms with Gasteiger partial charge in [-0.15, -0.1) is 0 Å². The summed E-state index contributed by atoms with van der Waals surface area (Å²) in [7, 11) is -3.36. The number of piperidine rings is 2. The van der Waals surface area contributed by atoms with Gasteiger partial charge >= 0.3 is 0 Å². The van der Waals surface area contributed by atoms with Crippen LogP contribution in [0.5, 0.6) is 0 Å². The minimum atomic E-state index is -3.36. The van der Waals surface area contributed by atoms with Gasteiger partial charge in [-0.1, -0.05) is 6.42 Å². The lowest BCUT2D eigenvalue weighted by atomic mass is 10.0. The molecule has 0 aromatic rings. The minimum absolute atomic E-state index is 0.0891. The average molecular weight is 271 g/mol. The van der Waals surface area contributed by atoms with Crippen molar-refractivity contribution in [1.29, 1.82) is 5.26 Å². The highest BCUT2D eigenvalue weighted by Crippen LogP contribution is 2.25. The maximum absolute atomic E-state index is 12.6. The normalized spacial score (nSPS) is 32.0. The van der Waals surface area contributed by atoms with Gasteiger partial charge in [0.25, 0.3) is 10.2 Å². The van der Waals surface area contributed by atoms with E-state index in [0.717, 1.165) is 32.1 Å². The molecule has 6 heteroatoms. The lowest BCUT2D eigenvalue weighted by molar-refractivity contribution is 0.226. The fourth-order valence-electron chi connectivity index (χ4n) is 2.82. The highest BCUT2D eigenvalue weighted by molar-refractivity contribution is 7.86. The van der Waals surface area contributed by atoms with E-state index >= 15 is 0 Å². The first-order valence-electron chi connectivity index (χ1n) is 6.72. The van der Waals surface area contributed by atoms with Crippen LogP contribution in [0, 0.1) is 17.2 Å². The molecule has 2 heterocycles. The standard InChI is InChI=1S/C12H21N3O2S/c1-11-5-2-3-8-15(11)18(16,17)14-7-4-6-12(9-13)10-14/h11-12H,2-8,10H2,1H3. The number of rotatable bonds is 2. The van der Waals surface area contributed by atoms with Crippen LogP contribution in [-0.2, 0) is 10.2 Å². The van der Waals surface area contributed by atoms with Crippen molar-refractivity contribution >= 4 is 10.2 Å². The van der Waals surface area contributed by atoms with Crippen molar-refractivity contribution in [2.24, 2.45) is 5.92 Å². The molecule has 5 nitrogen and oxygen atoms in total. The van der Waals surface area contributed by atoms with Gasteiger partial charge in [0.1, 0.15) is 0 Å². The summed E-state index contributed by atoms with van der Waals surface area (Å²) in [5.41, 5.74) is 0. The Bertz CT molecular complexity index is 429. The number of hydrogen-bond acceptors (Lipinski definition) is 3. The molecule has 0 aliphatic carbocycles. The fourth-order valence-corrected chi connectivity index (χ4v) is 4.76. The van der Waals surface area contributed by atoms with Crippen molar-refractivity contribution in [2.45, 2.75) is 45.1 Å². The van der Waals surface area contributed by atoms with Crippen LogP contribution in [0.25, 0.3) is 0 Å². The Morgan fingerprint density at radius 3 is 2.61 bits per heavy atom. The molecule has 2 fully saturated rings. The maximum atomic E-state index is 12.6. The number of nitrogens with zero attached hydrogens (tertiary/aromatic N) is 3. The van der Waals surface area contributed by atoms with E-state index in [1.165, 1.54) is 4.31 Å². The second-order valence-corrected chi connectivity index (χ2v) is 7.17. The van der Waals surface area contributed by atoms with E-state index in [0.29, 0.717) is 19.6 Å². The molecular formula is C12H21N3O2S. The topological polar surface area (TPSA) is 64.4 Å². The highest BCUT2D eigenvalue weighted by Gasteiger charge is 2.36. The van der Waals surface area contributed by atoms with Crippen molar-refractivity contribution < 1.29 is 8.42 Å². The van der Waals surface area contributed by atoms with Gasteiger partial charge in [-0.25, -0.2) is 0 Å². The Hall–Kier alpha value is -0.640. The van der Waals surface area contributed by atoms with Crippen molar-refractivity contribution in [2.75, 3.05) is 19.6 Å². The Morgan fingerprint density at radius 1 is 1.17 bits per heavy atom. The highest BCUT2D eigenvalue weighted by atomic mass is 32.2. The lowest BCUT2D eigenvalue weighted by Gasteiger charge is -2.38. The summed E-state index contributed by atoms with van der Waals surface area (Å²) in [6.07, 6.45) is 4.60. The van der Waals surface area contributed by atoms with E-state index in [2.05, 4.69) is 6.07 Å². The van der Waals surface area contributed by atoms with Crippen LogP contribution in [0.2, 0.25) is 0 Å². The van der Waals surface area contributed by atoms with Crippen molar-refractivity contribution in [3.05, 3.63) is 0 Å². The van der Waals surface area contributed by atoms with Crippen LogP contribution >= 0.6 is 0 Å². The third-order valence-corrected chi connectivity index (χ3v) is 6.05. The number of nitriles is 1. The van der Waals surface area contributed by atoms with Crippen LogP contribution in [-0.4, -0.2) is 42.7 Å². The Kier molecular flexibility index (Phi) is 4.25. The quantitative estimate of drug-likeness (QED) is 0.761. The molecule has 0 radical (unpaired) electrons. The monoisotopic (exact) mass is 271 g/mol. The molecule has 0 amide bonds. The van der Waals surface area contributed by atoms with Gasteiger partial charge < -0.3 is 0 Å². The molecule has 2 aliphatic rings. The van der Waals surface area contributed by atoms with Gasteiger partial charge in [0.15, 0.2) is 0 Å². The zero-order valence-corrected chi connectivity index (χ0v) is 11.7. The molecule has 2 aliphatic heterocycles. The van der Waals surface area contributed by atoms with Crippen LogP contribution in [0.1, 0.15) is 39.0 Å². The van der Waals surface area contributed by atoms with Crippen LogP contribution in [0.15, 0.2) is 0 Å². The van der Waals surface area contributed by atoms with Crippen LogP contribution < -0.4 is 0 Å². The fraction of sp³-hybridized carbons (Fsp3) is 0.917. The summed E-state index contributed by atoms with van der Waals surface area (Å²) < 4.78 is 28.2. The van der Waals surface area contributed by atoms with Gasteiger partial charge in [-0.2, -0.15) is 22.3 Å². The third kappa shape index (κ3) is 2.68. The summed E-state index contributed by atoms with van der Waals surface area (Å²) in [4.78, 5) is 0. The van der Waals surface area contributed by atoms with Crippen molar-refractivity contribution in [1.82, 2.24) is 8.61 Å². The molecule has 0 saturated carbocycles. The molecule has 0 N–H and O–H groups in total. The molecule has 2 atom stereocenters. The van der Waals surface area contributed by atoms with Crippen molar-refractivity contribution in [3.8, 4) is 6.07 Å². The molecule has 102 valence electrons. The Labute approximate surface area is 110 Å². The maximum Gasteiger partial charge on any atom is 0.282 e. The van der Waals surface area contributed by atoms with Gasteiger partial charge in [0.2, 0.25) is 0 Å². The zero-order chi connectivity index (χ0) is 13.2. The first kappa shape index (κ1) is 13.8. The zero-order valence-electron chi connectivity index (χ0n) is 10.9. The minimum Gasteiger partial charge on any atom is -0.198 e.